The minimum Gasteiger partial charge on any atom is -0.398 e. The number of benzene rings is 2. The highest BCUT2D eigenvalue weighted by Gasteiger charge is 2.15. The van der Waals surface area contributed by atoms with E-state index in [1.165, 1.54) is 18.2 Å². The van der Waals surface area contributed by atoms with Crippen LogP contribution >= 0.6 is 27.5 Å². The first-order valence-corrected chi connectivity index (χ1v) is 6.21. The summed E-state index contributed by atoms with van der Waals surface area (Å²) in [4.78, 5) is 12.2. The van der Waals surface area contributed by atoms with E-state index < -0.39 is 5.82 Å². The Bertz CT molecular complexity index is 630. The Morgan fingerprint density at radius 1 is 1.28 bits per heavy atom. The molecule has 5 heteroatoms. The maximum Gasteiger partial charge on any atom is 0.194 e. The fourth-order valence-corrected chi connectivity index (χ4v) is 2.09. The molecule has 0 aliphatic carbocycles. The van der Waals surface area contributed by atoms with Crippen molar-refractivity contribution >= 4 is 39.0 Å². The van der Waals surface area contributed by atoms with Crippen LogP contribution in [0.1, 0.15) is 15.9 Å². The van der Waals surface area contributed by atoms with E-state index in [1.807, 2.05) is 0 Å². The highest BCUT2D eigenvalue weighted by atomic mass is 79.9. The molecular formula is C13H8BrClFNO. The van der Waals surface area contributed by atoms with Gasteiger partial charge in [0.25, 0.3) is 0 Å². The largest absolute Gasteiger partial charge is 0.398 e. The summed E-state index contributed by atoms with van der Waals surface area (Å²) in [7, 11) is 0. The zero-order chi connectivity index (χ0) is 13.3. The summed E-state index contributed by atoms with van der Waals surface area (Å²) >= 11 is 9.01. The van der Waals surface area contributed by atoms with Gasteiger partial charge in [-0.3, -0.25) is 4.79 Å². The molecule has 2 N–H and O–H groups in total. The standard InChI is InChI=1S/C13H8BrClFNO/c14-9-6-7(4-5-11(9)17)13(18)8-2-1-3-10(16)12(8)15/h1-6H,17H2. The van der Waals surface area contributed by atoms with E-state index in [0.717, 1.165) is 0 Å². The molecule has 0 aliphatic rings. The van der Waals surface area contributed by atoms with Gasteiger partial charge in [0.15, 0.2) is 5.78 Å². The number of halogens is 3. The molecule has 0 saturated heterocycles. The summed E-state index contributed by atoms with van der Waals surface area (Å²) in [5, 5.41) is -0.171. The minimum absolute atomic E-state index is 0.133. The van der Waals surface area contributed by atoms with Crippen molar-refractivity contribution in [3.63, 3.8) is 0 Å². The lowest BCUT2D eigenvalue weighted by Gasteiger charge is -2.06. The third kappa shape index (κ3) is 2.40. The molecule has 0 amide bonds. The van der Waals surface area contributed by atoms with Crippen LogP contribution in [0.25, 0.3) is 0 Å². The van der Waals surface area contributed by atoms with E-state index in [4.69, 9.17) is 17.3 Å². The summed E-state index contributed by atoms with van der Waals surface area (Å²) < 4.78 is 13.9. The lowest BCUT2D eigenvalue weighted by molar-refractivity contribution is 0.103. The Morgan fingerprint density at radius 3 is 2.67 bits per heavy atom. The molecule has 0 bridgehead atoms. The molecule has 18 heavy (non-hydrogen) atoms. The molecule has 0 radical (unpaired) electrons. The lowest BCUT2D eigenvalue weighted by Crippen LogP contribution is -2.03. The highest BCUT2D eigenvalue weighted by molar-refractivity contribution is 9.10. The molecule has 0 heterocycles. The number of rotatable bonds is 2. The Hall–Kier alpha value is -1.39. The van der Waals surface area contributed by atoms with E-state index in [-0.39, 0.29) is 16.4 Å². The van der Waals surface area contributed by atoms with Gasteiger partial charge in [-0.05, 0) is 46.3 Å². The second kappa shape index (κ2) is 5.08. The van der Waals surface area contributed by atoms with Gasteiger partial charge in [0.1, 0.15) is 5.82 Å². The number of carbonyl (C=O) groups excluding carboxylic acids is 1. The number of nitrogen functional groups attached to an aromatic ring is 1. The maximum atomic E-state index is 13.3. The van der Waals surface area contributed by atoms with Crippen molar-refractivity contribution in [3.05, 3.63) is 62.8 Å². The van der Waals surface area contributed by atoms with Crippen molar-refractivity contribution in [1.82, 2.24) is 0 Å². The van der Waals surface area contributed by atoms with Crippen molar-refractivity contribution in [3.8, 4) is 0 Å². The highest BCUT2D eigenvalue weighted by Crippen LogP contribution is 2.25. The Kier molecular flexibility index (Phi) is 3.68. The van der Waals surface area contributed by atoms with Crippen LogP contribution < -0.4 is 5.73 Å². The SMILES string of the molecule is Nc1ccc(C(=O)c2cccc(F)c2Cl)cc1Br. The third-order valence-electron chi connectivity index (χ3n) is 2.46. The van der Waals surface area contributed by atoms with E-state index in [1.54, 1.807) is 18.2 Å². The minimum atomic E-state index is -0.614. The van der Waals surface area contributed by atoms with Crippen LogP contribution in [0, 0.1) is 5.82 Å². The summed E-state index contributed by atoms with van der Waals surface area (Å²) in [5.41, 5.74) is 6.69. The van der Waals surface area contributed by atoms with Gasteiger partial charge in [-0.15, -0.1) is 0 Å². The second-order valence-electron chi connectivity index (χ2n) is 3.67. The molecule has 2 aromatic rings. The first kappa shape index (κ1) is 13.1. The summed E-state index contributed by atoms with van der Waals surface area (Å²) in [6, 6.07) is 8.89. The molecular weight excluding hydrogens is 321 g/mol. The molecule has 2 aromatic carbocycles. The molecule has 0 spiro atoms. The van der Waals surface area contributed by atoms with Crippen LogP contribution in [-0.4, -0.2) is 5.78 Å². The molecule has 0 fully saturated rings. The van der Waals surface area contributed by atoms with Gasteiger partial charge in [-0.1, -0.05) is 17.7 Å². The van der Waals surface area contributed by atoms with Gasteiger partial charge in [0, 0.05) is 21.3 Å². The maximum absolute atomic E-state index is 13.3. The van der Waals surface area contributed by atoms with Crippen LogP contribution in [0.3, 0.4) is 0 Å². The van der Waals surface area contributed by atoms with E-state index in [0.29, 0.717) is 15.7 Å². The van der Waals surface area contributed by atoms with Crippen molar-refractivity contribution in [2.24, 2.45) is 0 Å². The monoisotopic (exact) mass is 327 g/mol. The van der Waals surface area contributed by atoms with Gasteiger partial charge >= 0.3 is 0 Å². The van der Waals surface area contributed by atoms with Crippen LogP contribution in [0.15, 0.2) is 40.9 Å². The van der Waals surface area contributed by atoms with Crippen molar-refractivity contribution in [2.45, 2.75) is 0 Å². The van der Waals surface area contributed by atoms with Crippen LogP contribution in [-0.2, 0) is 0 Å². The van der Waals surface area contributed by atoms with Gasteiger partial charge in [-0.2, -0.15) is 0 Å². The predicted molar refractivity (Wildman–Crippen MR) is 73.4 cm³/mol. The fraction of sp³-hybridized carbons (Fsp3) is 0. The molecule has 0 saturated carbocycles. The van der Waals surface area contributed by atoms with E-state index in [2.05, 4.69) is 15.9 Å². The summed E-state index contributed by atoms with van der Waals surface area (Å²) in [6.45, 7) is 0. The van der Waals surface area contributed by atoms with Crippen molar-refractivity contribution in [1.29, 1.82) is 0 Å². The third-order valence-corrected chi connectivity index (χ3v) is 3.53. The Morgan fingerprint density at radius 2 is 2.00 bits per heavy atom. The quantitative estimate of drug-likeness (QED) is 0.667. The second-order valence-corrected chi connectivity index (χ2v) is 4.90. The predicted octanol–water partition coefficient (Wildman–Crippen LogP) is 4.05. The average molecular weight is 329 g/mol. The zero-order valence-electron chi connectivity index (χ0n) is 9.08. The molecule has 2 rings (SSSR count). The molecule has 92 valence electrons. The Labute approximate surface area is 117 Å². The summed E-state index contributed by atoms with van der Waals surface area (Å²) in [6.07, 6.45) is 0. The number of anilines is 1. The molecule has 2 nitrogen and oxygen atoms in total. The average Bonchev–Trinajstić information content (AvgIpc) is 2.35. The van der Waals surface area contributed by atoms with Crippen molar-refractivity contribution < 1.29 is 9.18 Å². The molecule has 0 aliphatic heterocycles. The van der Waals surface area contributed by atoms with Crippen LogP contribution in [0.2, 0.25) is 5.02 Å². The molecule has 0 atom stereocenters. The van der Waals surface area contributed by atoms with E-state index in [9.17, 15) is 9.18 Å². The zero-order valence-corrected chi connectivity index (χ0v) is 11.4. The van der Waals surface area contributed by atoms with Crippen LogP contribution in [0.4, 0.5) is 10.1 Å². The van der Waals surface area contributed by atoms with Crippen LogP contribution in [0.5, 0.6) is 0 Å². The van der Waals surface area contributed by atoms with Gasteiger partial charge < -0.3 is 5.73 Å². The number of hydrogen-bond acceptors (Lipinski definition) is 2. The van der Waals surface area contributed by atoms with Gasteiger partial charge in [0.05, 0.1) is 5.02 Å². The number of carbonyl (C=O) groups is 1. The number of ketones is 1. The fourth-order valence-electron chi connectivity index (χ4n) is 1.50. The normalized spacial score (nSPS) is 10.4. The topological polar surface area (TPSA) is 43.1 Å². The first-order chi connectivity index (χ1) is 8.50. The molecule has 0 aromatic heterocycles. The smallest absolute Gasteiger partial charge is 0.194 e. The molecule has 0 unspecified atom stereocenters. The van der Waals surface area contributed by atoms with Gasteiger partial charge in [0.2, 0.25) is 0 Å². The summed E-state index contributed by atoms with van der Waals surface area (Å²) in [5.74, 6) is -0.961. The number of hydrogen-bond donors (Lipinski definition) is 1. The lowest BCUT2D eigenvalue weighted by atomic mass is 10.0. The van der Waals surface area contributed by atoms with E-state index >= 15 is 0 Å². The van der Waals surface area contributed by atoms with Gasteiger partial charge in [-0.25, -0.2) is 4.39 Å². The number of nitrogens with two attached hydrogens (primary N) is 1. The Balaban J connectivity index is 2.48. The van der Waals surface area contributed by atoms with Crippen molar-refractivity contribution in [2.75, 3.05) is 5.73 Å². The first-order valence-electron chi connectivity index (χ1n) is 5.04.